The molecule has 0 atom stereocenters. The topological polar surface area (TPSA) is 45.8 Å². The van der Waals surface area contributed by atoms with E-state index in [1.54, 1.807) is 0 Å². The molecule has 100 valence electrons. The van der Waals surface area contributed by atoms with Crippen molar-refractivity contribution >= 4 is 0 Å². The third-order valence-electron chi connectivity index (χ3n) is 3.05. The van der Waals surface area contributed by atoms with Crippen LogP contribution in [0.3, 0.4) is 0 Å². The molecule has 1 N–H and O–H groups in total. The third-order valence-corrected chi connectivity index (χ3v) is 3.05. The molecule has 3 nitrogen and oxygen atoms in total. The zero-order chi connectivity index (χ0) is 14.2. The van der Waals surface area contributed by atoms with Crippen LogP contribution in [0.4, 0.5) is 4.39 Å². The van der Waals surface area contributed by atoms with E-state index in [1.165, 1.54) is 12.5 Å². The first kappa shape index (κ1) is 13.5. The summed E-state index contributed by atoms with van der Waals surface area (Å²) in [7, 11) is 0. The quantitative estimate of drug-likeness (QED) is 0.856. The van der Waals surface area contributed by atoms with Crippen molar-refractivity contribution in [3.8, 4) is 11.4 Å². The molecular formula is C15H17FN2O. The van der Waals surface area contributed by atoms with Crippen LogP contribution < -0.4 is 5.56 Å². The average molecular weight is 260 g/mol. The van der Waals surface area contributed by atoms with Crippen LogP contribution >= 0.6 is 0 Å². The van der Waals surface area contributed by atoms with E-state index in [-0.39, 0.29) is 11.1 Å². The Balaban J connectivity index is 2.46. The maximum absolute atomic E-state index is 13.2. The zero-order valence-corrected chi connectivity index (χ0v) is 11.5. The Morgan fingerprint density at radius 3 is 2.21 bits per heavy atom. The highest BCUT2D eigenvalue weighted by Crippen LogP contribution is 2.24. The molecule has 1 aromatic carbocycles. The Morgan fingerprint density at radius 1 is 1.16 bits per heavy atom. The summed E-state index contributed by atoms with van der Waals surface area (Å²) in [5.41, 5.74) is 1.41. The minimum atomic E-state index is -0.824. The fourth-order valence-corrected chi connectivity index (χ4v) is 1.84. The summed E-state index contributed by atoms with van der Waals surface area (Å²) in [6.07, 6.45) is 0. The lowest BCUT2D eigenvalue weighted by atomic mass is 9.87. The lowest BCUT2D eigenvalue weighted by Crippen LogP contribution is -2.15. The van der Waals surface area contributed by atoms with E-state index in [1.807, 2.05) is 24.3 Å². The van der Waals surface area contributed by atoms with Crippen LogP contribution in [0.5, 0.6) is 0 Å². The van der Waals surface area contributed by atoms with Gasteiger partial charge in [0.2, 0.25) is 5.82 Å². The maximum atomic E-state index is 13.2. The number of hydrogen-bond acceptors (Lipinski definition) is 2. The Morgan fingerprint density at radius 2 is 1.74 bits per heavy atom. The highest BCUT2D eigenvalue weighted by atomic mass is 19.1. The van der Waals surface area contributed by atoms with E-state index in [4.69, 9.17) is 0 Å². The van der Waals surface area contributed by atoms with Gasteiger partial charge in [-0.15, -0.1) is 0 Å². The van der Waals surface area contributed by atoms with Crippen LogP contribution in [0.15, 0.2) is 29.1 Å². The molecule has 0 unspecified atom stereocenters. The van der Waals surface area contributed by atoms with Crippen LogP contribution in [-0.2, 0) is 5.41 Å². The van der Waals surface area contributed by atoms with Crippen molar-refractivity contribution in [1.82, 2.24) is 9.97 Å². The first-order chi connectivity index (χ1) is 8.79. The molecule has 0 bridgehead atoms. The number of nitrogens with zero attached hydrogens (tertiary/aromatic N) is 1. The van der Waals surface area contributed by atoms with Gasteiger partial charge in [-0.25, -0.2) is 4.98 Å². The number of halogens is 1. The fourth-order valence-electron chi connectivity index (χ4n) is 1.84. The van der Waals surface area contributed by atoms with Crippen molar-refractivity contribution in [2.45, 2.75) is 33.1 Å². The molecule has 19 heavy (non-hydrogen) atoms. The van der Waals surface area contributed by atoms with E-state index in [0.717, 1.165) is 5.56 Å². The number of rotatable bonds is 1. The summed E-state index contributed by atoms with van der Waals surface area (Å²) >= 11 is 0. The Labute approximate surface area is 111 Å². The van der Waals surface area contributed by atoms with Gasteiger partial charge in [0.1, 0.15) is 5.82 Å². The summed E-state index contributed by atoms with van der Waals surface area (Å²) in [6, 6.07) is 7.76. The predicted octanol–water partition coefficient (Wildman–Crippen LogP) is 3.18. The molecular weight excluding hydrogens is 243 g/mol. The third kappa shape index (κ3) is 2.72. The van der Waals surface area contributed by atoms with Crippen molar-refractivity contribution in [1.29, 1.82) is 0 Å². The zero-order valence-electron chi connectivity index (χ0n) is 11.5. The van der Waals surface area contributed by atoms with E-state index in [0.29, 0.717) is 5.82 Å². The molecule has 0 saturated carbocycles. The van der Waals surface area contributed by atoms with Crippen LogP contribution in [0.1, 0.15) is 32.0 Å². The predicted molar refractivity (Wildman–Crippen MR) is 73.7 cm³/mol. The number of aromatic amines is 1. The molecule has 0 aliphatic carbocycles. The van der Waals surface area contributed by atoms with Gasteiger partial charge in [0.15, 0.2) is 0 Å². The molecule has 0 amide bonds. The summed E-state index contributed by atoms with van der Waals surface area (Å²) in [5, 5.41) is 0. The molecule has 0 spiro atoms. The Bertz CT molecular complexity index is 651. The fraction of sp³-hybridized carbons (Fsp3) is 0.333. The SMILES string of the molecule is Cc1nc(-c2ccc(C(C)(C)C)cc2)[nH]c(=O)c1F. The molecule has 4 heteroatoms. The van der Waals surface area contributed by atoms with E-state index in [9.17, 15) is 9.18 Å². The maximum Gasteiger partial charge on any atom is 0.287 e. The molecule has 2 rings (SSSR count). The summed E-state index contributed by atoms with van der Waals surface area (Å²) in [5.74, 6) is -0.431. The molecule has 1 aromatic heterocycles. The van der Waals surface area contributed by atoms with Gasteiger partial charge in [0, 0.05) is 5.56 Å². The minimum absolute atomic E-state index is 0.0675. The normalized spacial score (nSPS) is 11.6. The van der Waals surface area contributed by atoms with Crippen LogP contribution in [0, 0.1) is 12.7 Å². The Kier molecular flexibility index (Phi) is 3.27. The highest BCUT2D eigenvalue weighted by molar-refractivity contribution is 5.55. The summed E-state index contributed by atoms with van der Waals surface area (Å²) < 4.78 is 13.2. The van der Waals surface area contributed by atoms with Crippen LogP contribution in [0.2, 0.25) is 0 Å². The van der Waals surface area contributed by atoms with Gasteiger partial charge in [-0.05, 0) is 17.9 Å². The summed E-state index contributed by atoms with van der Waals surface area (Å²) in [4.78, 5) is 17.9. The van der Waals surface area contributed by atoms with E-state index < -0.39 is 11.4 Å². The van der Waals surface area contributed by atoms with Crippen LogP contribution in [-0.4, -0.2) is 9.97 Å². The van der Waals surface area contributed by atoms with E-state index >= 15 is 0 Å². The number of aryl methyl sites for hydroxylation is 1. The molecule has 1 heterocycles. The number of hydrogen-bond donors (Lipinski definition) is 1. The average Bonchev–Trinajstić information content (AvgIpc) is 2.34. The van der Waals surface area contributed by atoms with Crippen molar-refractivity contribution in [2.75, 3.05) is 0 Å². The lowest BCUT2D eigenvalue weighted by Gasteiger charge is -2.19. The number of nitrogens with one attached hydrogen (secondary N) is 1. The highest BCUT2D eigenvalue weighted by Gasteiger charge is 2.14. The number of aromatic nitrogens is 2. The molecule has 0 aliphatic heterocycles. The molecule has 0 fully saturated rings. The van der Waals surface area contributed by atoms with Gasteiger partial charge >= 0.3 is 0 Å². The van der Waals surface area contributed by atoms with Crippen LogP contribution in [0.25, 0.3) is 11.4 Å². The lowest BCUT2D eigenvalue weighted by molar-refractivity contribution is 0.588. The van der Waals surface area contributed by atoms with Crippen molar-refractivity contribution < 1.29 is 4.39 Å². The number of H-pyrrole nitrogens is 1. The monoisotopic (exact) mass is 260 g/mol. The second-order valence-corrected chi connectivity index (χ2v) is 5.64. The van der Waals surface area contributed by atoms with Gasteiger partial charge in [-0.2, -0.15) is 4.39 Å². The van der Waals surface area contributed by atoms with Crippen molar-refractivity contribution in [3.05, 3.63) is 51.7 Å². The van der Waals surface area contributed by atoms with Gasteiger partial charge < -0.3 is 4.98 Å². The number of benzene rings is 1. The summed E-state index contributed by atoms with van der Waals surface area (Å²) in [6.45, 7) is 7.87. The second kappa shape index (κ2) is 4.61. The van der Waals surface area contributed by atoms with Gasteiger partial charge in [-0.1, -0.05) is 45.0 Å². The largest absolute Gasteiger partial charge is 0.304 e. The molecule has 2 aromatic rings. The standard InChI is InChI=1S/C15H17FN2O/c1-9-12(16)14(19)18-13(17-9)10-5-7-11(8-6-10)15(2,3)4/h5-8H,1-4H3,(H,17,18,19). The van der Waals surface area contributed by atoms with E-state index in [2.05, 4.69) is 30.7 Å². The smallest absolute Gasteiger partial charge is 0.287 e. The first-order valence-corrected chi connectivity index (χ1v) is 6.16. The van der Waals surface area contributed by atoms with Gasteiger partial charge in [-0.3, -0.25) is 4.79 Å². The van der Waals surface area contributed by atoms with Crippen molar-refractivity contribution in [2.24, 2.45) is 0 Å². The molecule has 0 radical (unpaired) electrons. The first-order valence-electron chi connectivity index (χ1n) is 6.16. The molecule has 0 aliphatic rings. The second-order valence-electron chi connectivity index (χ2n) is 5.64. The van der Waals surface area contributed by atoms with Crippen molar-refractivity contribution in [3.63, 3.8) is 0 Å². The van der Waals surface area contributed by atoms with Gasteiger partial charge in [0.05, 0.1) is 5.69 Å². The molecule has 0 saturated heterocycles. The minimum Gasteiger partial charge on any atom is -0.304 e. The van der Waals surface area contributed by atoms with Gasteiger partial charge in [0.25, 0.3) is 5.56 Å². The Hall–Kier alpha value is -1.97.